The van der Waals surface area contributed by atoms with Crippen LogP contribution in [-0.4, -0.2) is 15.1 Å². The van der Waals surface area contributed by atoms with Crippen molar-refractivity contribution >= 4 is 22.7 Å². The smallest absolute Gasteiger partial charge is 0.137 e. The van der Waals surface area contributed by atoms with Crippen molar-refractivity contribution in [1.82, 2.24) is 9.97 Å². The number of para-hydroxylation sites is 1. The molecule has 3 nitrogen and oxygen atoms in total. The van der Waals surface area contributed by atoms with Crippen molar-refractivity contribution in [2.75, 3.05) is 0 Å². The molecule has 0 spiro atoms. The fourth-order valence-corrected chi connectivity index (χ4v) is 2.96. The van der Waals surface area contributed by atoms with Gasteiger partial charge in [-0.3, -0.25) is 0 Å². The quantitative estimate of drug-likeness (QED) is 0.749. The Morgan fingerprint density at radius 1 is 1.05 bits per heavy atom. The third kappa shape index (κ3) is 2.37. The van der Waals surface area contributed by atoms with E-state index >= 15 is 0 Å². The molecule has 0 saturated carbocycles. The van der Waals surface area contributed by atoms with Crippen molar-refractivity contribution in [1.29, 1.82) is 0 Å². The van der Waals surface area contributed by atoms with Crippen molar-refractivity contribution in [3.8, 4) is 0 Å². The molecule has 5 heteroatoms. The summed E-state index contributed by atoms with van der Waals surface area (Å²) in [5, 5.41) is 10.9. The number of rotatable bonds is 3. The fraction of sp³-hybridized carbons (Fsp3) is 0.0667. The molecule has 0 saturated heterocycles. The van der Waals surface area contributed by atoms with E-state index in [1.807, 2.05) is 24.3 Å². The monoisotopic (exact) mass is 286 g/mol. The van der Waals surface area contributed by atoms with Crippen LogP contribution in [-0.2, 0) is 6.61 Å². The summed E-state index contributed by atoms with van der Waals surface area (Å²) in [6.07, 6.45) is 1.46. The minimum absolute atomic E-state index is 0.205. The Kier molecular flexibility index (Phi) is 3.62. The molecule has 0 amide bonds. The van der Waals surface area contributed by atoms with E-state index in [1.165, 1.54) is 24.2 Å². The predicted molar refractivity (Wildman–Crippen MR) is 76.0 cm³/mol. The molecule has 0 aliphatic heterocycles. The molecule has 0 atom stereocenters. The van der Waals surface area contributed by atoms with Crippen LogP contribution in [0.2, 0.25) is 0 Å². The molecule has 1 aromatic heterocycles. The van der Waals surface area contributed by atoms with Gasteiger partial charge in [-0.05, 0) is 17.7 Å². The Morgan fingerprint density at radius 2 is 1.90 bits per heavy atom. The molecule has 0 unspecified atom stereocenters. The van der Waals surface area contributed by atoms with Crippen LogP contribution in [0.3, 0.4) is 0 Å². The van der Waals surface area contributed by atoms with Crippen molar-refractivity contribution in [3.05, 3.63) is 60.2 Å². The van der Waals surface area contributed by atoms with E-state index in [4.69, 9.17) is 0 Å². The fourth-order valence-electron chi connectivity index (χ4n) is 1.95. The highest BCUT2D eigenvalue weighted by Gasteiger charge is 2.12. The van der Waals surface area contributed by atoms with Crippen LogP contribution >= 0.6 is 11.8 Å². The number of hydrogen-bond donors (Lipinski definition) is 1. The molecule has 3 rings (SSSR count). The first-order chi connectivity index (χ1) is 9.79. The second-order valence-corrected chi connectivity index (χ2v) is 5.18. The summed E-state index contributed by atoms with van der Waals surface area (Å²) in [5.41, 5.74) is 1.37. The molecule has 0 aliphatic rings. The zero-order valence-electron chi connectivity index (χ0n) is 10.5. The Balaban J connectivity index is 2.10. The van der Waals surface area contributed by atoms with Crippen LogP contribution in [0, 0.1) is 5.82 Å². The molecule has 100 valence electrons. The maximum Gasteiger partial charge on any atom is 0.137 e. The first-order valence-electron chi connectivity index (χ1n) is 6.05. The summed E-state index contributed by atoms with van der Waals surface area (Å²) in [4.78, 5) is 8.80. The third-order valence-electron chi connectivity index (χ3n) is 2.92. The second kappa shape index (κ2) is 5.56. The average molecular weight is 286 g/mol. The molecule has 2 aromatic carbocycles. The van der Waals surface area contributed by atoms with Gasteiger partial charge in [-0.2, -0.15) is 0 Å². The largest absolute Gasteiger partial charge is 0.392 e. The van der Waals surface area contributed by atoms with Crippen molar-refractivity contribution in [2.24, 2.45) is 0 Å². The van der Waals surface area contributed by atoms with Gasteiger partial charge in [-0.25, -0.2) is 14.4 Å². The van der Waals surface area contributed by atoms with Gasteiger partial charge in [0.1, 0.15) is 17.2 Å². The van der Waals surface area contributed by atoms with Crippen LogP contribution in [0.25, 0.3) is 10.9 Å². The topological polar surface area (TPSA) is 46.0 Å². The number of aliphatic hydroxyl groups excluding tert-OH is 1. The van der Waals surface area contributed by atoms with E-state index in [2.05, 4.69) is 9.97 Å². The molecule has 0 radical (unpaired) electrons. The number of halogens is 1. The standard InChI is InChI=1S/C15H11FN2OS/c16-12-6-3-4-10(8-19)14(12)20-15-11-5-1-2-7-13(11)17-9-18-15/h1-7,9,19H,8H2. The molecule has 1 heterocycles. The van der Waals surface area contributed by atoms with Gasteiger partial charge in [0.25, 0.3) is 0 Å². The zero-order valence-corrected chi connectivity index (χ0v) is 11.3. The van der Waals surface area contributed by atoms with E-state index in [0.717, 1.165) is 10.9 Å². The highest BCUT2D eigenvalue weighted by Crippen LogP contribution is 2.34. The Labute approximate surface area is 119 Å². The highest BCUT2D eigenvalue weighted by molar-refractivity contribution is 7.99. The van der Waals surface area contributed by atoms with Crippen LogP contribution < -0.4 is 0 Å². The predicted octanol–water partition coefficient (Wildman–Crippen LogP) is 3.41. The van der Waals surface area contributed by atoms with Crippen molar-refractivity contribution in [2.45, 2.75) is 16.5 Å². The molecule has 0 aliphatic carbocycles. The van der Waals surface area contributed by atoms with Crippen LogP contribution in [0.4, 0.5) is 4.39 Å². The molecular weight excluding hydrogens is 275 g/mol. The molecule has 0 fully saturated rings. The van der Waals surface area contributed by atoms with Crippen LogP contribution in [0.1, 0.15) is 5.56 Å². The van der Waals surface area contributed by atoms with Gasteiger partial charge >= 0.3 is 0 Å². The number of aromatic nitrogens is 2. The summed E-state index contributed by atoms with van der Waals surface area (Å²) >= 11 is 1.21. The normalized spacial score (nSPS) is 10.9. The first-order valence-corrected chi connectivity index (χ1v) is 6.87. The summed E-state index contributed by atoms with van der Waals surface area (Å²) in [6, 6.07) is 12.2. The van der Waals surface area contributed by atoms with Crippen molar-refractivity contribution < 1.29 is 9.50 Å². The third-order valence-corrected chi connectivity index (χ3v) is 4.10. The van der Waals surface area contributed by atoms with Gasteiger partial charge in [-0.15, -0.1) is 0 Å². The van der Waals surface area contributed by atoms with Gasteiger partial charge in [0.2, 0.25) is 0 Å². The lowest BCUT2D eigenvalue weighted by molar-refractivity contribution is 0.277. The molecule has 20 heavy (non-hydrogen) atoms. The Morgan fingerprint density at radius 3 is 2.75 bits per heavy atom. The maximum atomic E-state index is 13.9. The number of aliphatic hydroxyl groups is 1. The van der Waals surface area contributed by atoms with Gasteiger partial charge in [0.15, 0.2) is 0 Å². The number of benzene rings is 2. The van der Waals surface area contributed by atoms with Crippen LogP contribution in [0.15, 0.2) is 58.7 Å². The van der Waals surface area contributed by atoms with E-state index in [1.54, 1.807) is 12.1 Å². The lowest BCUT2D eigenvalue weighted by Crippen LogP contribution is -1.93. The lowest BCUT2D eigenvalue weighted by atomic mass is 10.2. The van der Waals surface area contributed by atoms with Gasteiger partial charge in [-0.1, -0.05) is 42.1 Å². The number of hydrogen-bond acceptors (Lipinski definition) is 4. The molecule has 1 N–H and O–H groups in total. The molecule has 3 aromatic rings. The summed E-state index contributed by atoms with van der Waals surface area (Å²) < 4.78 is 13.9. The van der Waals surface area contributed by atoms with Gasteiger partial charge < -0.3 is 5.11 Å². The van der Waals surface area contributed by atoms with Gasteiger partial charge in [0.05, 0.1) is 17.0 Å². The Hall–Kier alpha value is -1.98. The Bertz CT molecular complexity index is 758. The zero-order chi connectivity index (χ0) is 13.9. The minimum Gasteiger partial charge on any atom is -0.392 e. The highest BCUT2D eigenvalue weighted by atomic mass is 32.2. The lowest BCUT2D eigenvalue weighted by Gasteiger charge is -2.09. The summed E-state index contributed by atoms with van der Waals surface area (Å²) in [7, 11) is 0. The van der Waals surface area contributed by atoms with E-state index in [9.17, 15) is 9.50 Å². The van der Waals surface area contributed by atoms with E-state index in [0.29, 0.717) is 15.5 Å². The average Bonchev–Trinajstić information content (AvgIpc) is 2.49. The van der Waals surface area contributed by atoms with E-state index < -0.39 is 0 Å². The van der Waals surface area contributed by atoms with Crippen molar-refractivity contribution in [3.63, 3.8) is 0 Å². The molecular formula is C15H11FN2OS. The van der Waals surface area contributed by atoms with Crippen LogP contribution in [0.5, 0.6) is 0 Å². The van der Waals surface area contributed by atoms with Gasteiger partial charge in [0, 0.05) is 5.39 Å². The molecule has 0 bridgehead atoms. The number of fused-ring (bicyclic) bond motifs is 1. The summed E-state index contributed by atoms with van der Waals surface area (Å²) in [5.74, 6) is -0.357. The minimum atomic E-state index is -0.357. The SMILES string of the molecule is OCc1cccc(F)c1Sc1ncnc2ccccc12. The first kappa shape index (κ1) is 13.0. The maximum absolute atomic E-state index is 13.9. The second-order valence-electron chi connectivity index (χ2n) is 4.18. The number of nitrogens with zero attached hydrogens (tertiary/aromatic N) is 2. The summed E-state index contributed by atoms with van der Waals surface area (Å²) in [6.45, 7) is -0.205. The van der Waals surface area contributed by atoms with E-state index in [-0.39, 0.29) is 12.4 Å².